The molecular weight excluding hydrogens is 197 g/mol. The molecule has 0 aliphatic carbocycles. The van der Waals surface area contributed by atoms with E-state index in [0.717, 1.165) is 12.6 Å². The van der Waals surface area contributed by atoms with Crippen LogP contribution in [-0.4, -0.2) is 43.0 Å². The third kappa shape index (κ3) is 4.03. The summed E-state index contributed by atoms with van der Waals surface area (Å²) in [6.07, 6.45) is 1.27. The minimum absolute atomic E-state index is 0.279. The molecule has 1 heterocycles. The van der Waals surface area contributed by atoms with Gasteiger partial charge in [0.15, 0.2) is 0 Å². The first-order chi connectivity index (χ1) is 7.09. The van der Waals surface area contributed by atoms with E-state index >= 15 is 0 Å². The van der Waals surface area contributed by atoms with Crippen LogP contribution >= 0.6 is 0 Å². The quantitative estimate of drug-likeness (QED) is 0.738. The lowest BCUT2D eigenvalue weighted by molar-refractivity contribution is 0.0950. The number of rotatable bonds is 4. The normalized spacial score (nSPS) is 10.4. The Kier molecular flexibility index (Phi) is 4.17. The summed E-state index contributed by atoms with van der Waals surface area (Å²) < 4.78 is 12.7. The van der Waals surface area contributed by atoms with Crippen molar-refractivity contribution in [2.45, 2.75) is 0 Å². The molecule has 0 atom stereocenters. The molecule has 0 bridgehead atoms. The molecule has 1 aromatic heterocycles. The van der Waals surface area contributed by atoms with E-state index < -0.39 is 5.95 Å². The number of carbonyl (C=O) groups is 1. The van der Waals surface area contributed by atoms with Gasteiger partial charge in [-0.15, -0.1) is 0 Å². The summed E-state index contributed by atoms with van der Waals surface area (Å²) in [5.41, 5.74) is 0.293. The van der Waals surface area contributed by atoms with Gasteiger partial charge in [-0.3, -0.25) is 4.79 Å². The van der Waals surface area contributed by atoms with Crippen molar-refractivity contribution in [1.82, 2.24) is 15.2 Å². The number of pyridine rings is 1. The van der Waals surface area contributed by atoms with E-state index in [2.05, 4.69) is 10.3 Å². The van der Waals surface area contributed by atoms with E-state index in [1.807, 2.05) is 19.0 Å². The third-order valence-corrected chi connectivity index (χ3v) is 1.83. The summed E-state index contributed by atoms with van der Waals surface area (Å²) in [5.74, 6) is -0.923. The first kappa shape index (κ1) is 11.6. The second kappa shape index (κ2) is 5.41. The van der Waals surface area contributed by atoms with Crippen molar-refractivity contribution < 1.29 is 9.18 Å². The van der Waals surface area contributed by atoms with E-state index in [0.29, 0.717) is 12.1 Å². The summed E-state index contributed by atoms with van der Waals surface area (Å²) in [5, 5.41) is 2.68. The fourth-order valence-corrected chi connectivity index (χ4v) is 1.04. The van der Waals surface area contributed by atoms with Crippen molar-refractivity contribution in [1.29, 1.82) is 0 Å². The Morgan fingerprint density at radius 1 is 1.60 bits per heavy atom. The lowest BCUT2D eigenvalue weighted by Crippen LogP contribution is -2.31. The Morgan fingerprint density at radius 3 is 2.93 bits per heavy atom. The van der Waals surface area contributed by atoms with E-state index in [1.165, 1.54) is 12.3 Å². The first-order valence-electron chi connectivity index (χ1n) is 4.64. The van der Waals surface area contributed by atoms with Crippen LogP contribution in [0.2, 0.25) is 0 Å². The molecule has 1 amide bonds. The van der Waals surface area contributed by atoms with Gasteiger partial charge in [0, 0.05) is 30.9 Å². The van der Waals surface area contributed by atoms with Crippen LogP contribution in [0.3, 0.4) is 0 Å². The fourth-order valence-electron chi connectivity index (χ4n) is 1.04. The van der Waals surface area contributed by atoms with E-state index in [1.54, 1.807) is 0 Å². The molecule has 0 fully saturated rings. The van der Waals surface area contributed by atoms with Crippen LogP contribution in [0, 0.1) is 5.95 Å². The zero-order valence-corrected chi connectivity index (χ0v) is 8.83. The van der Waals surface area contributed by atoms with Crippen molar-refractivity contribution >= 4 is 5.91 Å². The summed E-state index contributed by atoms with van der Waals surface area (Å²) in [7, 11) is 3.83. The molecule has 0 radical (unpaired) electrons. The van der Waals surface area contributed by atoms with Crippen LogP contribution < -0.4 is 5.32 Å². The smallest absolute Gasteiger partial charge is 0.251 e. The lowest BCUT2D eigenvalue weighted by Gasteiger charge is -2.10. The number of amides is 1. The highest BCUT2D eigenvalue weighted by atomic mass is 19.1. The number of carbonyl (C=O) groups excluding carboxylic acids is 1. The average molecular weight is 211 g/mol. The summed E-state index contributed by atoms with van der Waals surface area (Å²) >= 11 is 0. The van der Waals surface area contributed by atoms with Gasteiger partial charge in [-0.05, 0) is 20.2 Å². The second-order valence-electron chi connectivity index (χ2n) is 3.43. The van der Waals surface area contributed by atoms with Gasteiger partial charge in [-0.25, -0.2) is 4.98 Å². The van der Waals surface area contributed by atoms with E-state index in [4.69, 9.17) is 0 Å². The largest absolute Gasteiger partial charge is 0.351 e. The maximum atomic E-state index is 12.7. The molecule has 4 nitrogen and oxygen atoms in total. The minimum Gasteiger partial charge on any atom is -0.351 e. The molecule has 1 rings (SSSR count). The summed E-state index contributed by atoms with van der Waals surface area (Å²) in [6, 6.07) is 2.60. The Bertz CT molecular complexity index is 341. The zero-order valence-electron chi connectivity index (χ0n) is 8.83. The monoisotopic (exact) mass is 211 g/mol. The van der Waals surface area contributed by atoms with Crippen LogP contribution in [0.15, 0.2) is 18.3 Å². The zero-order chi connectivity index (χ0) is 11.3. The Balaban J connectivity index is 2.47. The van der Waals surface area contributed by atoms with Gasteiger partial charge in [0.05, 0.1) is 0 Å². The van der Waals surface area contributed by atoms with E-state index in [-0.39, 0.29) is 5.91 Å². The number of hydrogen-bond acceptors (Lipinski definition) is 3. The van der Waals surface area contributed by atoms with Crippen molar-refractivity contribution in [3.63, 3.8) is 0 Å². The molecule has 82 valence electrons. The number of hydrogen-bond donors (Lipinski definition) is 1. The average Bonchev–Trinajstić information content (AvgIpc) is 2.17. The van der Waals surface area contributed by atoms with Crippen LogP contribution in [-0.2, 0) is 0 Å². The van der Waals surface area contributed by atoms with Gasteiger partial charge in [0.1, 0.15) is 0 Å². The van der Waals surface area contributed by atoms with E-state index in [9.17, 15) is 9.18 Å². The Hall–Kier alpha value is -1.49. The summed E-state index contributed by atoms with van der Waals surface area (Å²) in [6.45, 7) is 1.29. The Labute approximate surface area is 88.1 Å². The maximum Gasteiger partial charge on any atom is 0.251 e. The van der Waals surface area contributed by atoms with Gasteiger partial charge in [-0.1, -0.05) is 0 Å². The topological polar surface area (TPSA) is 45.2 Å². The standard InChI is InChI=1S/C10H14FN3O/c1-14(2)6-5-13-10(15)8-3-4-12-9(11)7-8/h3-4,7H,5-6H2,1-2H3,(H,13,15). The third-order valence-electron chi connectivity index (χ3n) is 1.83. The Morgan fingerprint density at radius 2 is 2.33 bits per heavy atom. The number of likely N-dealkylation sites (N-methyl/N-ethyl adjacent to an activating group) is 1. The van der Waals surface area contributed by atoms with Crippen molar-refractivity contribution in [3.8, 4) is 0 Å². The molecule has 0 saturated carbocycles. The fraction of sp³-hybridized carbons (Fsp3) is 0.400. The molecule has 0 aliphatic heterocycles. The van der Waals surface area contributed by atoms with Crippen LogP contribution in [0.4, 0.5) is 4.39 Å². The van der Waals surface area contributed by atoms with Gasteiger partial charge in [-0.2, -0.15) is 4.39 Å². The lowest BCUT2D eigenvalue weighted by atomic mass is 10.2. The first-order valence-corrected chi connectivity index (χ1v) is 4.64. The highest BCUT2D eigenvalue weighted by Crippen LogP contribution is 1.99. The highest BCUT2D eigenvalue weighted by Gasteiger charge is 2.05. The van der Waals surface area contributed by atoms with Crippen LogP contribution in [0.25, 0.3) is 0 Å². The highest BCUT2D eigenvalue weighted by molar-refractivity contribution is 5.93. The van der Waals surface area contributed by atoms with Gasteiger partial charge >= 0.3 is 0 Å². The molecule has 0 aliphatic rings. The molecule has 0 aromatic carbocycles. The van der Waals surface area contributed by atoms with Crippen molar-refractivity contribution in [2.75, 3.05) is 27.2 Å². The molecule has 15 heavy (non-hydrogen) atoms. The number of halogens is 1. The number of nitrogens with zero attached hydrogens (tertiary/aromatic N) is 2. The van der Waals surface area contributed by atoms with Crippen molar-refractivity contribution in [3.05, 3.63) is 29.8 Å². The molecule has 5 heteroatoms. The van der Waals surface area contributed by atoms with Gasteiger partial charge < -0.3 is 10.2 Å². The van der Waals surface area contributed by atoms with Crippen LogP contribution in [0.5, 0.6) is 0 Å². The SMILES string of the molecule is CN(C)CCNC(=O)c1ccnc(F)c1. The molecule has 0 unspecified atom stereocenters. The van der Waals surface area contributed by atoms with Gasteiger partial charge in [0.2, 0.25) is 5.95 Å². The molecule has 1 aromatic rings. The number of nitrogens with one attached hydrogen (secondary N) is 1. The van der Waals surface area contributed by atoms with Gasteiger partial charge in [0.25, 0.3) is 5.91 Å². The molecule has 0 spiro atoms. The predicted octanol–water partition coefficient (Wildman–Crippen LogP) is 0.512. The van der Waals surface area contributed by atoms with Crippen molar-refractivity contribution in [2.24, 2.45) is 0 Å². The summed E-state index contributed by atoms with van der Waals surface area (Å²) in [4.78, 5) is 16.8. The van der Waals surface area contributed by atoms with Crippen LogP contribution in [0.1, 0.15) is 10.4 Å². The maximum absolute atomic E-state index is 12.7. The minimum atomic E-state index is -0.643. The molecular formula is C10H14FN3O. The number of aromatic nitrogens is 1. The molecule has 0 saturated heterocycles. The second-order valence-corrected chi connectivity index (χ2v) is 3.43. The predicted molar refractivity (Wildman–Crippen MR) is 55.1 cm³/mol. The molecule has 1 N–H and O–H groups in total.